The van der Waals surface area contributed by atoms with Crippen LogP contribution in [0.2, 0.25) is 0 Å². The lowest BCUT2D eigenvalue weighted by Crippen LogP contribution is -2.46. The summed E-state index contributed by atoms with van der Waals surface area (Å²) >= 11 is 0. The fraction of sp³-hybridized carbons (Fsp3) is 0.929. The Labute approximate surface area is 110 Å². The normalized spacial score (nSPS) is 32.9. The van der Waals surface area contributed by atoms with Crippen LogP contribution < -0.4 is 16.0 Å². The van der Waals surface area contributed by atoms with Crippen molar-refractivity contribution in [2.24, 2.45) is 5.92 Å². The molecule has 1 saturated carbocycles. The Kier molecular flexibility index (Phi) is 5.01. The van der Waals surface area contributed by atoms with Crippen LogP contribution in [0.3, 0.4) is 0 Å². The third-order valence-corrected chi connectivity index (χ3v) is 4.31. The average molecular weight is 253 g/mol. The zero-order chi connectivity index (χ0) is 13.0. The third kappa shape index (κ3) is 3.45. The highest BCUT2D eigenvalue weighted by Gasteiger charge is 2.37. The Morgan fingerprint density at radius 3 is 2.89 bits per heavy atom. The first-order chi connectivity index (χ1) is 8.70. The SMILES string of the molecule is CCN[C@H](C)CNC(=O)C1CC2CCCCC2N1. The lowest BCUT2D eigenvalue weighted by Gasteiger charge is -2.24. The minimum absolute atomic E-state index is 0.0481. The van der Waals surface area contributed by atoms with E-state index in [2.05, 4.69) is 29.8 Å². The molecule has 3 unspecified atom stereocenters. The van der Waals surface area contributed by atoms with Crippen molar-refractivity contribution < 1.29 is 4.79 Å². The van der Waals surface area contributed by atoms with Crippen LogP contribution in [0.25, 0.3) is 0 Å². The van der Waals surface area contributed by atoms with Crippen molar-refractivity contribution in [1.29, 1.82) is 0 Å². The third-order valence-electron chi connectivity index (χ3n) is 4.31. The molecule has 0 aromatic rings. The molecule has 2 aliphatic rings. The first-order valence-electron chi connectivity index (χ1n) is 7.47. The summed E-state index contributed by atoms with van der Waals surface area (Å²) in [5.41, 5.74) is 0. The Hall–Kier alpha value is -0.610. The molecule has 1 saturated heterocycles. The number of carbonyl (C=O) groups is 1. The average Bonchev–Trinajstić information content (AvgIpc) is 2.80. The lowest BCUT2D eigenvalue weighted by molar-refractivity contribution is -0.123. The standard InChI is InChI=1S/C14H27N3O/c1-3-15-10(2)9-16-14(18)13-8-11-6-4-5-7-12(11)17-13/h10-13,15,17H,3-9H2,1-2H3,(H,16,18)/t10-,11?,12?,13?/m1/s1. The molecule has 4 nitrogen and oxygen atoms in total. The maximum atomic E-state index is 12.1. The molecule has 1 heterocycles. The van der Waals surface area contributed by atoms with Gasteiger partial charge in [-0.05, 0) is 38.6 Å². The monoisotopic (exact) mass is 253 g/mol. The van der Waals surface area contributed by atoms with E-state index in [9.17, 15) is 4.79 Å². The van der Waals surface area contributed by atoms with Gasteiger partial charge >= 0.3 is 0 Å². The van der Waals surface area contributed by atoms with Gasteiger partial charge in [-0.15, -0.1) is 0 Å². The van der Waals surface area contributed by atoms with Gasteiger partial charge in [-0.1, -0.05) is 19.8 Å². The summed E-state index contributed by atoms with van der Waals surface area (Å²) in [6, 6.07) is 0.996. The predicted octanol–water partition coefficient (Wildman–Crippen LogP) is 1.02. The number of hydrogen-bond acceptors (Lipinski definition) is 3. The van der Waals surface area contributed by atoms with Gasteiger partial charge in [-0.25, -0.2) is 0 Å². The van der Waals surface area contributed by atoms with E-state index >= 15 is 0 Å². The van der Waals surface area contributed by atoms with E-state index < -0.39 is 0 Å². The van der Waals surface area contributed by atoms with Gasteiger partial charge in [0.15, 0.2) is 0 Å². The molecule has 4 heteroatoms. The van der Waals surface area contributed by atoms with Gasteiger partial charge in [0.05, 0.1) is 6.04 Å². The molecular weight excluding hydrogens is 226 g/mol. The van der Waals surface area contributed by atoms with Crippen molar-refractivity contribution in [2.75, 3.05) is 13.1 Å². The summed E-state index contributed by atoms with van der Waals surface area (Å²) in [7, 11) is 0. The van der Waals surface area contributed by atoms with E-state index in [1.54, 1.807) is 0 Å². The van der Waals surface area contributed by atoms with Gasteiger partial charge in [0.25, 0.3) is 0 Å². The number of carbonyl (C=O) groups excluding carboxylic acids is 1. The summed E-state index contributed by atoms with van der Waals surface area (Å²) in [5.74, 6) is 0.926. The highest BCUT2D eigenvalue weighted by Crippen LogP contribution is 2.33. The molecular formula is C14H27N3O. The molecule has 1 aliphatic heterocycles. The molecule has 1 amide bonds. The Morgan fingerprint density at radius 1 is 1.39 bits per heavy atom. The van der Waals surface area contributed by atoms with Crippen molar-refractivity contribution in [2.45, 2.75) is 64.1 Å². The van der Waals surface area contributed by atoms with Crippen LogP contribution in [0.4, 0.5) is 0 Å². The fourth-order valence-electron chi connectivity index (χ4n) is 3.32. The smallest absolute Gasteiger partial charge is 0.237 e. The second-order valence-electron chi connectivity index (χ2n) is 5.81. The molecule has 0 spiro atoms. The quantitative estimate of drug-likeness (QED) is 0.686. The summed E-state index contributed by atoms with van der Waals surface area (Å²) < 4.78 is 0. The molecule has 3 N–H and O–H groups in total. The largest absolute Gasteiger partial charge is 0.353 e. The zero-order valence-corrected chi connectivity index (χ0v) is 11.7. The van der Waals surface area contributed by atoms with Crippen molar-refractivity contribution in [3.63, 3.8) is 0 Å². The number of hydrogen-bond donors (Lipinski definition) is 3. The van der Waals surface area contributed by atoms with Gasteiger partial charge in [0.2, 0.25) is 5.91 Å². The lowest BCUT2D eigenvalue weighted by atomic mass is 9.85. The summed E-state index contributed by atoms with van der Waals surface area (Å²) in [4.78, 5) is 12.1. The van der Waals surface area contributed by atoms with E-state index in [0.717, 1.165) is 25.4 Å². The molecule has 0 aromatic heterocycles. The number of likely N-dealkylation sites (N-methyl/N-ethyl adjacent to an activating group) is 1. The van der Waals surface area contributed by atoms with Gasteiger partial charge in [0, 0.05) is 18.6 Å². The van der Waals surface area contributed by atoms with Crippen LogP contribution in [0.1, 0.15) is 46.0 Å². The number of nitrogens with one attached hydrogen (secondary N) is 3. The zero-order valence-electron chi connectivity index (χ0n) is 11.7. The predicted molar refractivity (Wildman–Crippen MR) is 73.4 cm³/mol. The molecule has 2 rings (SSSR count). The topological polar surface area (TPSA) is 53.2 Å². The van der Waals surface area contributed by atoms with Gasteiger partial charge < -0.3 is 16.0 Å². The summed E-state index contributed by atoms with van der Waals surface area (Å²) in [6.45, 7) is 5.86. The van der Waals surface area contributed by atoms with Gasteiger partial charge in [-0.3, -0.25) is 4.79 Å². The molecule has 104 valence electrons. The molecule has 0 aromatic carbocycles. The van der Waals surface area contributed by atoms with E-state index in [4.69, 9.17) is 0 Å². The second kappa shape index (κ2) is 6.53. The first kappa shape index (κ1) is 13.8. The van der Waals surface area contributed by atoms with Crippen LogP contribution in [0.5, 0.6) is 0 Å². The molecule has 18 heavy (non-hydrogen) atoms. The van der Waals surface area contributed by atoms with E-state index in [1.165, 1.54) is 25.7 Å². The molecule has 0 bridgehead atoms. The van der Waals surface area contributed by atoms with Crippen molar-refractivity contribution in [3.05, 3.63) is 0 Å². The Morgan fingerprint density at radius 2 is 2.17 bits per heavy atom. The Bertz CT molecular complexity index is 268. The maximum absolute atomic E-state index is 12.1. The highest BCUT2D eigenvalue weighted by molar-refractivity contribution is 5.82. The molecule has 1 aliphatic carbocycles. The van der Waals surface area contributed by atoms with Crippen molar-refractivity contribution in [3.8, 4) is 0 Å². The maximum Gasteiger partial charge on any atom is 0.237 e. The fourth-order valence-corrected chi connectivity index (χ4v) is 3.32. The van der Waals surface area contributed by atoms with E-state index in [-0.39, 0.29) is 11.9 Å². The minimum atomic E-state index is 0.0481. The van der Waals surface area contributed by atoms with Crippen LogP contribution in [-0.2, 0) is 4.79 Å². The number of rotatable bonds is 5. The molecule has 2 fully saturated rings. The second-order valence-corrected chi connectivity index (χ2v) is 5.81. The van der Waals surface area contributed by atoms with Crippen molar-refractivity contribution >= 4 is 5.91 Å². The highest BCUT2D eigenvalue weighted by atomic mass is 16.2. The van der Waals surface area contributed by atoms with E-state index in [1.807, 2.05) is 0 Å². The van der Waals surface area contributed by atoms with Gasteiger partial charge in [-0.2, -0.15) is 0 Å². The van der Waals surface area contributed by atoms with Crippen LogP contribution in [0.15, 0.2) is 0 Å². The summed E-state index contributed by atoms with van der Waals surface area (Å²) in [5, 5.41) is 9.88. The van der Waals surface area contributed by atoms with Crippen LogP contribution >= 0.6 is 0 Å². The van der Waals surface area contributed by atoms with E-state index in [0.29, 0.717) is 12.1 Å². The molecule has 4 atom stereocenters. The Balaban J connectivity index is 1.73. The first-order valence-corrected chi connectivity index (χ1v) is 7.47. The van der Waals surface area contributed by atoms with Crippen LogP contribution in [-0.4, -0.2) is 37.1 Å². The minimum Gasteiger partial charge on any atom is -0.353 e. The summed E-state index contributed by atoms with van der Waals surface area (Å²) in [6.07, 6.45) is 6.25. The molecule has 0 radical (unpaired) electrons. The number of amides is 1. The van der Waals surface area contributed by atoms with Gasteiger partial charge in [0.1, 0.15) is 0 Å². The van der Waals surface area contributed by atoms with Crippen molar-refractivity contribution in [1.82, 2.24) is 16.0 Å². The van der Waals surface area contributed by atoms with Crippen LogP contribution in [0, 0.1) is 5.92 Å². The number of fused-ring (bicyclic) bond motifs is 1.